The normalized spacial score (nSPS) is 20.4. The van der Waals surface area contributed by atoms with Gasteiger partial charge in [-0.2, -0.15) is 0 Å². The SMILES string of the molecule is O=C(N[C@H](CS(=O)(=O)CCN[C@@H]1C[C@H]1c1ccc(Cl)c(Cl)c1)C(=O)N1CCOCC1)c1ccc(F)cc1. The number of morpholine rings is 1. The quantitative estimate of drug-likeness (QED) is 0.454. The van der Waals surface area contributed by atoms with E-state index in [-0.39, 0.29) is 29.8 Å². The Balaban J connectivity index is 1.35. The number of sulfone groups is 1. The van der Waals surface area contributed by atoms with Crippen molar-refractivity contribution in [3.63, 3.8) is 0 Å². The Hall–Kier alpha value is -2.24. The Bertz CT molecular complexity index is 1240. The van der Waals surface area contributed by atoms with E-state index >= 15 is 0 Å². The molecule has 200 valence electrons. The largest absolute Gasteiger partial charge is 0.378 e. The van der Waals surface area contributed by atoms with Crippen LogP contribution in [0.4, 0.5) is 4.39 Å². The highest BCUT2D eigenvalue weighted by molar-refractivity contribution is 7.91. The minimum absolute atomic E-state index is 0.122. The highest BCUT2D eigenvalue weighted by Gasteiger charge is 2.38. The van der Waals surface area contributed by atoms with Gasteiger partial charge in [0.2, 0.25) is 5.91 Å². The van der Waals surface area contributed by atoms with Crippen molar-refractivity contribution in [2.24, 2.45) is 0 Å². The Kier molecular flexibility index (Phi) is 9.07. The summed E-state index contributed by atoms with van der Waals surface area (Å²) in [7, 11) is -3.72. The maximum Gasteiger partial charge on any atom is 0.251 e. The average molecular weight is 572 g/mol. The van der Waals surface area contributed by atoms with E-state index in [1.54, 1.807) is 6.07 Å². The molecule has 4 rings (SSSR count). The number of halogens is 3. The van der Waals surface area contributed by atoms with Crippen LogP contribution in [-0.4, -0.2) is 81.6 Å². The first-order valence-electron chi connectivity index (χ1n) is 11.9. The van der Waals surface area contributed by atoms with Gasteiger partial charge in [0.15, 0.2) is 9.84 Å². The molecule has 0 spiro atoms. The molecule has 37 heavy (non-hydrogen) atoms. The Morgan fingerprint density at radius 3 is 2.46 bits per heavy atom. The first-order chi connectivity index (χ1) is 17.6. The molecule has 1 aliphatic heterocycles. The van der Waals surface area contributed by atoms with Crippen LogP contribution in [0, 0.1) is 5.82 Å². The molecule has 1 heterocycles. The fourth-order valence-electron chi connectivity index (χ4n) is 4.29. The lowest BCUT2D eigenvalue weighted by Gasteiger charge is -2.30. The molecule has 2 aromatic rings. The molecule has 12 heteroatoms. The first kappa shape index (κ1) is 27.8. The minimum Gasteiger partial charge on any atom is -0.378 e. The van der Waals surface area contributed by atoms with Crippen LogP contribution in [0.25, 0.3) is 0 Å². The number of hydrogen-bond donors (Lipinski definition) is 2. The van der Waals surface area contributed by atoms with Gasteiger partial charge in [-0.3, -0.25) is 9.59 Å². The highest BCUT2D eigenvalue weighted by atomic mass is 35.5. The summed E-state index contributed by atoms with van der Waals surface area (Å²) in [4.78, 5) is 27.3. The summed E-state index contributed by atoms with van der Waals surface area (Å²) in [5.74, 6) is -2.16. The number of nitrogens with one attached hydrogen (secondary N) is 2. The van der Waals surface area contributed by atoms with Gasteiger partial charge in [-0.15, -0.1) is 0 Å². The molecule has 2 aliphatic rings. The highest BCUT2D eigenvalue weighted by Crippen LogP contribution is 2.42. The van der Waals surface area contributed by atoms with E-state index in [0.29, 0.717) is 36.3 Å². The predicted octanol–water partition coefficient (Wildman–Crippen LogP) is 2.65. The Morgan fingerprint density at radius 1 is 1.08 bits per heavy atom. The second-order valence-corrected chi connectivity index (χ2v) is 12.2. The van der Waals surface area contributed by atoms with E-state index in [2.05, 4.69) is 10.6 Å². The van der Waals surface area contributed by atoms with Gasteiger partial charge in [-0.25, -0.2) is 12.8 Å². The van der Waals surface area contributed by atoms with Gasteiger partial charge in [0.05, 0.1) is 34.8 Å². The molecule has 3 atom stereocenters. The van der Waals surface area contributed by atoms with Gasteiger partial charge in [0.1, 0.15) is 11.9 Å². The predicted molar refractivity (Wildman–Crippen MR) is 139 cm³/mol. The molecule has 0 unspecified atom stereocenters. The lowest BCUT2D eigenvalue weighted by atomic mass is 10.1. The smallest absolute Gasteiger partial charge is 0.251 e. The van der Waals surface area contributed by atoms with Crippen LogP contribution in [0.3, 0.4) is 0 Å². The number of benzene rings is 2. The minimum atomic E-state index is -3.72. The van der Waals surface area contributed by atoms with Crippen LogP contribution in [0.1, 0.15) is 28.3 Å². The third-order valence-electron chi connectivity index (χ3n) is 6.44. The van der Waals surface area contributed by atoms with E-state index in [4.69, 9.17) is 27.9 Å². The fourth-order valence-corrected chi connectivity index (χ4v) is 5.93. The van der Waals surface area contributed by atoms with E-state index < -0.39 is 39.3 Å². The number of rotatable bonds is 10. The van der Waals surface area contributed by atoms with Crippen LogP contribution >= 0.6 is 23.2 Å². The summed E-state index contributed by atoms with van der Waals surface area (Å²) in [6, 6.07) is 9.12. The van der Waals surface area contributed by atoms with Gasteiger partial charge in [-0.1, -0.05) is 29.3 Å². The Morgan fingerprint density at radius 2 is 1.78 bits per heavy atom. The zero-order chi connectivity index (χ0) is 26.6. The van der Waals surface area contributed by atoms with Gasteiger partial charge in [0.25, 0.3) is 5.91 Å². The number of carbonyl (C=O) groups is 2. The summed E-state index contributed by atoms with van der Waals surface area (Å²) in [5.41, 5.74) is 1.16. The topological polar surface area (TPSA) is 105 Å². The van der Waals surface area contributed by atoms with E-state index in [1.165, 1.54) is 17.0 Å². The van der Waals surface area contributed by atoms with Crippen LogP contribution in [0.5, 0.6) is 0 Å². The molecule has 2 amide bonds. The van der Waals surface area contributed by atoms with E-state index in [1.807, 2.05) is 12.1 Å². The maximum atomic E-state index is 13.2. The summed E-state index contributed by atoms with van der Waals surface area (Å²) < 4.78 is 44.4. The van der Waals surface area contributed by atoms with Crippen LogP contribution in [0.15, 0.2) is 42.5 Å². The molecule has 2 fully saturated rings. The fraction of sp³-hybridized carbons (Fsp3) is 0.440. The van der Waals surface area contributed by atoms with Gasteiger partial charge in [-0.05, 0) is 48.4 Å². The molecule has 2 N–H and O–H groups in total. The summed E-state index contributed by atoms with van der Waals surface area (Å²) >= 11 is 12.1. The third-order valence-corrected chi connectivity index (χ3v) is 8.84. The number of nitrogens with zero attached hydrogens (tertiary/aromatic N) is 1. The number of ether oxygens (including phenoxy) is 1. The molecule has 0 radical (unpaired) electrons. The first-order valence-corrected chi connectivity index (χ1v) is 14.5. The van der Waals surface area contributed by atoms with Gasteiger partial charge < -0.3 is 20.3 Å². The summed E-state index contributed by atoms with van der Waals surface area (Å²) in [6.07, 6.45) is 0.851. The molecular formula is C25H28Cl2FN3O5S. The number of carbonyl (C=O) groups excluding carboxylic acids is 2. The molecule has 2 aromatic carbocycles. The van der Waals surface area contributed by atoms with E-state index in [9.17, 15) is 22.4 Å². The molecule has 8 nitrogen and oxygen atoms in total. The average Bonchev–Trinajstić information content (AvgIpc) is 3.65. The molecule has 0 aromatic heterocycles. The molecular weight excluding hydrogens is 544 g/mol. The second-order valence-electron chi connectivity index (χ2n) is 9.16. The summed E-state index contributed by atoms with van der Waals surface area (Å²) in [6.45, 7) is 1.49. The van der Waals surface area contributed by atoms with Crippen molar-refractivity contribution in [1.29, 1.82) is 0 Å². The molecule has 1 saturated carbocycles. The van der Waals surface area contributed by atoms with Crippen LogP contribution in [0.2, 0.25) is 10.0 Å². The standard InChI is InChI=1S/C25H28Cl2FN3O5S/c26-20-6-3-17(13-21(20)27)19-14-22(19)29-7-12-37(34,35)15-23(25(33)31-8-10-36-11-9-31)30-24(32)16-1-4-18(28)5-2-16/h1-6,13,19,22-23,29H,7-12,14-15H2,(H,30,32)/t19-,22+,23+/m0/s1. The Labute approximate surface area is 225 Å². The lowest BCUT2D eigenvalue weighted by molar-refractivity contribution is -0.136. The second kappa shape index (κ2) is 12.1. The molecule has 1 aliphatic carbocycles. The van der Waals surface area contributed by atoms with Crippen LogP contribution < -0.4 is 10.6 Å². The third kappa shape index (κ3) is 7.64. The van der Waals surface area contributed by atoms with Gasteiger partial charge in [0, 0.05) is 37.2 Å². The molecule has 1 saturated heterocycles. The lowest BCUT2D eigenvalue weighted by Crippen LogP contribution is -2.54. The van der Waals surface area contributed by atoms with Crippen molar-refractivity contribution in [3.8, 4) is 0 Å². The maximum absolute atomic E-state index is 13.2. The number of amides is 2. The van der Waals surface area contributed by atoms with Crippen molar-refractivity contribution < 1.29 is 27.1 Å². The zero-order valence-electron chi connectivity index (χ0n) is 20.0. The monoisotopic (exact) mass is 571 g/mol. The van der Waals surface area contributed by atoms with Crippen molar-refractivity contribution in [3.05, 3.63) is 69.5 Å². The van der Waals surface area contributed by atoms with Crippen molar-refractivity contribution in [2.45, 2.75) is 24.4 Å². The molecule has 0 bridgehead atoms. The van der Waals surface area contributed by atoms with Gasteiger partial charge >= 0.3 is 0 Å². The van der Waals surface area contributed by atoms with Crippen molar-refractivity contribution >= 4 is 44.9 Å². The zero-order valence-corrected chi connectivity index (χ0v) is 22.3. The van der Waals surface area contributed by atoms with Crippen molar-refractivity contribution in [1.82, 2.24) is 15.5 Å². The number of hydrogen-bond acceptors (Lipinski definition) is 6. The summed E-state index contributed by atoms with van der Waals surface area (Å²) in [5, 5.41) is 6.74. The van der Waals surface area contributed by atoms with Crippen molar-refractivity contribution in [2.75, 3.05) is 44.4 Å². The van der Waals surface area contributed by atoms with E-state index in [0.717, 1.165) is 24.1 Å². The van der Waals surface area contributed by atoms with Crippen LogP contribution in [-0.2, 0) is 19.4 Å².